The van der Waals surface area contributed by atoms with Gasteiger partial charge in [-0.1, -0.05) is 0 Å². The van der Waals surface area contributed by atoms with E-state index in [1.165, 1.54) is 28.9 Å². The Labute approximate surface area is 206 Å². The zero-order valence-corrected chi connectivity index (χ0v) is 20.6. The molecule has 0 unspecified atom stereocenters. The fraction of sp³-hybridized carbons (Fsp3) is 0.400. The molecule has 4 aromatic rings. The number of nitrogens with zero attached hydrogens (tertiary/aromatic N) is 6. The lowest BCUT2D eigenvalue weighted by molar-refractivity contribution is 0.0594. The molecular formula is C25H28F2N8O. The Morgan fingerprint density at radius 1 is 1.17 bits per heavy atom. The smallest absolute Gasteiger partial charge is 0.275 e. The summed E-state index contributed by atoms with van der Waals surface area (Å²) in [6.07, 6.45) is 2.83. The molecule has 0 saturated carbocycles. The Morgan fingerprint density at radius 3 is 2.61 bits per heavy atom. The Balaban J connectivity index is 1.49. The molecule has 0 bridgehead atoms. The lowest BCUT2D eigenvalue weighted by Gasteiger charge is -2.37. The number of hydrogen-bond acceptors (Lipinski definition) is 7. The maximum atomic E-state index is 14.9. The minimum absolute atomic E-state index is 0.123. The third-order valence-corrected chi connectivity index (χ3v) is 6.87. The number of fused-ring (bicyclic) bond motifs is 3. The number of rotatable bonds is 3. The number of likely N-dealkylation sites (tertiary alicyclic amines) is 1. The van der Waals surface area contributed by atoms with Gasteiger partial charge in [-0.2, -0.15) is 4.52 Å². The molecule has 1 aliphatic heterocycles. The fourth-order valence-electron chi connectivity index (χ4n) is 4.74. The molecule has 2 atom stereocenters. The lowest BCUT2D eigenvalue weighted by Crippen LogP contribution is -2.45. The minimum atomic E-state index is -0.782. The number of aromatic nitrogens is 5. The van der Waals surface area contributed by atoms with Gasteiger partial charge in [0, 0.05) is 35.6 Å². The van der Waals surface area contributed by atoms with Crippen LogP contribution in [0.3, 0.4) is 0 Å². The number of nitrogen functional groups attached to an aromatic ring is 1. The molecule has 0 aliphatic carbocycles. The number of anilines is 1. The van der Waals surface area contributed by atoms with Gasteiger partial charge in [-0.05, 0) is 69.9 Å². The van der Waals surface area contributed by atoms with Crippen molar-refractivity contribution in [2.45, 2.75) is 58.0 Å². The highest BCUT2D eigenvalue weighted by Crippen LogP contribution is 2.32. The maximum Gasteiger partial charge on any atom is 0.275 e. The van der Waals surface area contributed by atoms with E-state index in [4.69, 9.17) is 11.5 Å². The van der Waals surface area contributed by atoms with Crippen LogP contribution in [0.4, 0.5) is 14.7 Å². The highest BCUT2D eigenvalue weighted by Gasteiger charge is 2.34. The summed E-state index contributed by atoms with van der Waals surface area (Å²) in [6, 6.07) is 3.89. The molecule has 5 rings (SSSR count). The average Bonchev–Trinajstić information content (AvgIpc) is 3.26. The molecule has 1 amide bonds. The van der Waals surface area contributed by atoms with Crippen LogP contribution >= 0.6 is 0 Å². The number of benzene rings is 1. The highest BCUT2D eigenvalue weighted by atomic mass is 19.1. The second-order valence-corrected chi connectivity index (χ2v) is 10.2. The zero-order chi connectivity index (χ0) is 25.9. The summed E-state index contributed by atoms with van der Waals surface area (Å²) in [5, 5.41) is 5.05. The third kappa shape index (κ3) is 4.02. The van der Waals surface area contributed by atoms with E-state index in [-0.39, 0.29) is 30.1 Å². The summed E-state index contributed by atoms with van der Waals surface area (Å²) in [6.45, 7) is 7.44. The fourth-order valence-corrected chi connectivity index (χ4v) is 4.74. The van der Waals surface area contributed by atoms with Gasteiger partial charge in [0.25, 0.3) is 5.91 Å². The van der Waals surface area contributed by atoms with Crippen LogP contribution in [-0.4, -0.2) is 48.0 Å². The Kier molecular flexibility index (Phi) is 5.62. The van der Waals surface area contributed by atoms with Crippen molar-refractivity contribution in [1.82, 2.24) is 29.5 Å². The second kappa shape index (κ2) is 8.44. The largest absolute Gasteiger partial charge is 0.368 e. The maximum absolute atomic E-state index is 14.9. The van der Waals surface area contributed by atoms with Crippen LogP contribution in [0.2, 0.25) is 0 Å². The first-order chi connectivity index (χ1) is 16.9. The van der Waals surface area contributed by atoms with Crippen molar-refractivity contribution in [3.63, 3.8) is 0 Å². The molecule has 0 radical (unpaired) electrons. The summed E-state index contributed by atoms with van der Waals surface area (Å²) >= 11 is 0. The van der Waals surface area contributed by atoms with E-state index >= 15 is 0 Å². The van der Waals surface area contributed by atoms with E-state index in [9.17, 15) is 13.6 Å². The molecular weight excluding hydrogens is 466 g/mol. The van der Waals surface area contributed by atoms with Gasteiger partial charge in [0.05, 0.1) is 5.52 Å². The van der Waals surface area contributed by atoms with Gasteiger partial charge in [-0.15, -0.1) is 5.10 Å². The predicted octanol–water partition coefficient (Wildman–Crippen LogP) is 3.44. The van der Waals surface area contributed by atoms with Gasteiger partial charge in [0.15, 0.2) is 23.0 Å². The number of nitrogens with two attached hydrogens (primary N) is 2. The first-order valence-electron chi connectivity index (χ1n) is 11.8. The van der Waals surface area contributed by atoms with Crippen LogP contribution in [-0.2, 0) is 5.54 Å². The van der Waals surface area contributed by atoms with Gasteiger partial charge in [-0.25, -0.2) is 23.7 Å². The highest BCUT2D eigenvalue weighted by molar-refractivity contribution is 5.94. The van der Waals surface area contributed by atoms with Crippen molar-refractivity contribution in [3.8, 4) is 0 Å². The molecule has 4 heterocycles. The number of carbonyl (C=O) groups is 1. The normalized spacial score (nSPS) is 18.8. The summed E-state index contributed by atoms with van der Waals surface area (Å²) < 4.78 is 30.4. The predicted molar refractivity (Wildman–Crippen MR) is 131 cm³/mol. The van der Waals surface area contributed by atoms with Gasteiger partial charge in [0.2, 0.25) is 5.95 Å². The van der Waals surface area contributed by atoms with Gasteiger partial charge in [0.1, 0.15) is 5.82 Å². The average molecular weight is 495 g/mol. The number of pyridine rings is 1. The summed E-state index contributed by atoms with van der Waals surface area (Å²) in [7, 11) is 0. The monoisotopic (exact) mass is 494 g/mol. The topological polar surface area (TPSA) is 128 Å². The van der Waals surface area contributed by atoms with Gasteiger partial charge >= 0.3 is 0 Å². The molecule has 188 valence electrons. The van der Waals surface area contributed by atoms with E-state index < -0.39 is 23.1 Å². The van der Waals surface area contributed by atoms with E-state index in [0.717, 1.165) is 6.42 Å². The van der Waals surface area contributed by atoms with Crippen molar-refractivity contribution in [3.05, 3.63) is 58.7 Å². The van der Waals surface area contributed by atoms with Gasteiger partial charge in [-0.3, -0.25) is 4.79 Å². The van der Waals surface area contributed by atoms with Crippen LogP contribution in [0.1, 0.15) is 67.0 Å². The van der Waals surface area contributed by atoms with Crippen LogP contribution in [0.5, 0.6) is 0 Å². The van der Waals surface area contributed by atoms with Crippen molar-refractivity contribution < 1.29 is 13.6 Å². The summed E-state index contributed by atoms with van der Waals surface area (Å²) in [5.74, 6) is -1.23. The summed E-state index contributed by atoms with van der Waals surface area (Å²) in [5.41, 5.74) is 13.3. The number of halogens is 2. The van der Waals surface area contributed by atoms with E-state index in [2.05, 4.69) is 20.1 Å². The van der Waals surface area contributed by atoms with Crippen molar-refractivity contribution in [2.75, 3.05) is 12.3 Å². The minimum Gasteiger partial charge on any atom is -0.368 e. The lowest BCUT2D eigenvalue weighted by atomic mass is 9.92. The Bertz CT molecular complexity index is 1510. The van der Waals surface area contributed by atoms with Gasteiger partial charge < -0.3 is 16.4 Å². The quantitative estimate of drug-likeness (QED) is 0.446. The Morgan fingerprint density at radius 2 is 1.92 bits per heavy atom. The molecule has 36 heavy (non-hydrogen) atoms. The van der Waals surface area contributed by atoms with Crippen LogP contribution in [0, 0.1) is 18.6 Å². The first-order valence-corrected chi connectivity index (χ1v) is 11.8. The molecule has 3 aromatic heterocycles. The van der Waals surface area contributed by atoms with Crippen molar-refractivity contribution in [1.29, 1.82) is 0 Å². The van der Waals surface area contributed by atoms with Crippen LogP contribution in [0.15, 0.2) is 24.4 Å². The van der Waals surface area contributed by atoms with E-state index in [1.54, 1.807) is 25.7 Å². The number of amides is 1. The van der Waals surface area contributed by atoms with Crippen molar-refractivity contribution >= 4 is 28.4 Å². The third-order valence-electron chi connectivity index (χ3n) is 6.87. The number of hydrogen-bond donors (Lipinski definition) is 2. The van der Waals surface area contributed by atoms with E-state index in [1.807, 2.05) is 6.92 Å². The van der Waals surface area contributed by atoms with Crippen LogP contribution in [0.25, 0.3) is 16.6 Å². The molecule has 4 N–H and O–H groups in total. The molecule has 11 heteroatoms. The number of piperidine rings is 1. The first kappa shape index (κ1) is 24.0. The molecule has 1 aliphatic rings. The second-order valence-electron chi connectivity index (χ2n) is 10.2. The standard InChI is InChI=1S/C25H28F2N8O/c1-12-7-16(26)9-17-19(12)31-24(28)35-22(17)32-21(33-35)14-6-5-13(2)34(11-14)23(36)20-18(27)8-15(10-30-20)25(3,4)29/h7-10,13-14H,5-6,11,29H2,1-4H3,(H2,28,31)/t13-,14+/m0/s1. The van der Waals surface area contributed by atoms with Crippen molar-refractivity contribution in [2.24, 2.45) is 5.73 Å². The number of aryl methyl sites for hydroxylation is 1. The molecule has 1 fully saturated rings. The summed E-state index contributed by atoms with van der Waals surface area (Å²) in [4.78, 5) is 28.1. The Hall–Kier alpha value is -3.73. The number of carbonyl (C=O) groups excluding carboxylic acids is 1. The van der Waals surface area contributed by atoms with Crippen LogP contribution < -0.4 is 11.5 Å². The molecule has 9 nitrogen and oxygen atoms in total. The SMILES string of the molecule is Cc1cc(F)cc2c1nc(N)n1nc([C@@H]3CC[C@H](C)N(C(=O)c4ncc(C(C)(C)N)cc4F)C3)nc21. The molecule has 0 spiro atoms. The molecule has 1 aromatic carbocycles. The molecule has 1 saturated heterocycles. The van der Waals surface area contributed by atoms with E-state index in [0.29, 0.717) is 39.9 Å². The zero-order valence-electron chi connectivity index (χ0n) is 20.6.